The first kappa shape index (κ1) is 23.0. The predicted molar refractivity (Wildman–Crippen MR) is 139 cm³/mol. The second-order valence-corrected chi connectivity index (χ2v) is 12.1. The zero-order chi connectivity index (χ0) is 24.5. The molecule has 0 aliphatic heterocycles. The van der Waals surface area contributed by atoms with Crippen molar-refractivity contribution in [3.63, 3.8) is 0 Å². The van der Waals surface area contributed by atoms with Gasteiger partial charge in [-0.25, -0.2) is 4.68 Å². The van der Waals surface area contributed by atoms with Crippen molar-refractivity contribution in [3.8, 4) is 5.69 Å². The summed E-state index contributed by atoms with van der Waals surface area (Å²) in [7, 11) is 0. The number of aryl methyl sites for hydroxylation is 1. The molecule has 4 nitrogen and oxygen atoms in total. The van der Waals surface area contributed by atoms with Crippen LogP contribution in [-0.4, -0.2) is 26.8 Å². The molecular weight excluding hydrogens is 432 g/mol. The zero-order valence-electron chi connectivity index (χ0n) is 21.6. The molecule has 1 aromatic heterocycles. The molecule has 4 aliphatic carbocycles. The Balaban J connectivity index is 1.34. The number of ketones is 1. The average molecular weight is 471 g/mol. The largest absolute Gasteiger partial charge is 0.393 e. The van der Waals surface area contributed by atoms with Gasteiger partial charge in [-0.05, 0) is 106 Å². The maximum Gasteiger partial charge on any atom is 0.165 e. The molecule has 6 rings (SSSR count). The number of rotatable bonds is 2. The van der Waals surface area contributed by atoms with Gasteiger partial charge in [0.25, 0.3) is 0 Å². The summed E-state index contributed by atoms with van der Waals surface area (Å²) in [6.45, 7) is 8.85. The Kier molecular flexibility index (Phi) is 5.27. The standard InChI is InChI=1S/C31H38N2O2/c1-19-26(20(2)33(32-19)23-8-6-5-7-9-23)16-21-17-28-25-11-10-22-18-24(34)12-14-30(22,3)27(25)13-15-31(28,4)29(21)35/h5-10,16,24-25,27-28,34H,11-15,17-18H2,1-4H3/b21-16-/t24-,25-,27+,28+,30-,31-/m0/s1. The zero-order valence-corrected chi connectivity index (χ0v) is 21.6. The number of aliphatic hydroxyl groups excluding tert-OH is 1. The van der Waals surface area contributed by atoms with Gasteiger partial charge in [-0.3, -0.25) is 4.79 Å². The maximum absolute atomic E-state index is 13.9. The van der Waals surface area contributed by atoms with E-state index in [0.717, 1.165) is 73.2 Å². The molecule has 4 heteroatoms. The van der Waals surface area contributed by atoms with E-state index in [4.69, 9.17) is 5.10 Å². The fraction of sp³-hybridized carbons (Fsp3) is 0.548. The van der Waals surface area contributed by atoms with Crippen molar-refractivity contribution in [2.75, 3.05) is 0 Å². The molecule has 35 heavy (non-hydrogen) atoms. The number of carbonyl (C=O) groups excluding carboxylic acids is 1. The van der Waals surface area contributed by atoms with Crippen LogP contribution in [0, 0.1) is 42.4 Å². The summed E-state index contributed by atoms with van der Waals surface area (Å²) < 4.78 is 2.00. The third kappa shape index (κ3) is 3.36. The van der Waals surface area contributed by atoms with Crippen LogP contribution in [0.25, 0.3) is 11.8 Å². The number of aliphatic hydroxyl groups is 1. The van der Waals surface area contributed by atoms with Crippen molar-refractivity contribution in [1.29, 1.82) is 0 Å². The van der Waals surface area contributed by atoms with E-state index in [1.54, 1.807) is 0 Å². The molecule has 1 heterocycles. The number of allylic oxidation sites excluding steroid dienone is 2. The molecule has 0 amide bonds. The highest BCUT2D eigenvalue weighted by Crippen LogP contribution is 2.64. The van der Waals surface area contributed by atoms with Gasteiger partial charge in [-0.15, -0.1) is 0 Å². The highest BCUT2D eigenvalue weighted by molar-refractivity contribution is 6.06. The van der Waals surface area contributed by atoms with Crippen LogP contribution < -0.4 is 0 Å². The Hall–Kier alpha value is -2.46. The molecule has 0 saturated heterocycles. The van der Waals surface area contributed by atoms with E-state index in [-0.39, 0.29) is 16.9 Å². The lowest BCUT2D eigenvalue weighted by Crippen LogP contribution is -2.50. The fourth-order valence-corrected chi connectivity index (χ4v) is 8.30. The van der Waals surface area contributed by atoms with Gasteiger partial charge in [-0.2, -0.15) is 5.10 Å². The molecule has 6 atom stereocenters. The van der Waals surface area contributed by atoms with E-state index in [9.17, 15) is 9.90 Å². The number of carbonyl (C=O) groups is 1. The van der Waals surface area contributed by atoms with Crippen LogP contribution in [0.1, 0.15) is 75.7 Å². The molecule has 3 saturated carbocycles. The van der Waals surface area contributed by atoms with E-state index in [2.05, 4.69) is 52.0 Å². The van der Waals surface area contributed by atoms with Crippen LogP contribution >= 0.6 is 0 Å². The molecule has 0 bridgehead atoms. The molecule has 1 N–H and O–H groups in total. The Labute approximate surface area is 209 Å². The second-order valence-electron chi connectivity index (χ2n) is 12.1. The van der Waals surface area contributed by atoms with Crippen molar-refractivity contribution in [1.82, 2.24) is 9.78 Å². The Morgan fingerprint density at radius 1 is 1.03 bits per heavy atom. The van der Waals surface area contributed by atoms with Crippen molar-refractivity contribution < 1.29 is 9.90 Å². The molecule has 3 fully saturated rings. The van der Waals surface area contributed by atoms with Gasteiger partial charge in [0.1, 0.15) is 0 Å². The third-order valence-electron chi connectivity index (χ3n) is 10.4. The number of aromatic nitrogens is 2. The third-order valence-corrected chi connectivity index (χ3v) is 10.4. The van der Waals surface area contributed by atoms with Crippen molar-refractivity contribution in [2.45, 2.75) is 78.7 Å². The number of benzene rings is 1. The van der Waals surface area contributed by atoms with Gasteiger partial charge < -0.3 is 5.11 Å². The lowest BCUT2D eigenvalue weighted by Gasteiger charge is -2.56. The maximum atomic E-state index is 13.9. The van der Waals surface area contributed by atoms with Crippen LogP contribution in [0.4, 0.5) is 0 Å². The fourth-order valence-electron chi connectivity index (χ4n) is 8.30. The van der Waals surface area contributed by atoms with Crippen molar-refractivity contribution in [2.24, 2.45) is 28.6 Å². The van der Waals surface area contributed by atoms with Crippen molar-refractivity contribution >= 4 is 11.9 Å². The van der Waals surface area contributed by atoms with Crippen LogP contribution in [0.15, 0.2) is 47.6 Å². The first-order valence-corrected chi connectivity index (χ1v) is 13.5. The smallest absolute Gasteiger partial charge is 0.165 e. The summed E-state index contributed by atoms with van der Waals surface area (Å²) in [5.41, 5.74) is 6.64. The lowest BCUT2D eigenvalue weighted by atomic mass is 9.48. The Morgan fingerprint density at radius 2 is 1.77 bits per heavy atom. The van der Waals surface area contributed by atoms with Gasteiger partial charge >= 0.3 is 0 Å². The topological polar surface area (TPSA) is 55.1 Å². The second kappa shape index (κ2) is 8.03. The Morgan fingerprint density at radius 3 is 2.54 bits per heavy atom. The minimum atomic E-state index is -0.250. The monoisotopic (exact) mass is 470 g/mol. The minimum Gasteiger partial charge on any atom is -0.393 e. The average Bonchev–Trinajstić information content (AvgIpc) is 3.28. The number of hydrogen-bond donors (Lipinski definition) is 1. The molecule has 0 unspecified atom stereocenters. The number of para-hydroxylation sites is 1. The number of hydrogen-bond acceptors (Lipinski definition) is 3. The summed E-state index contributed by atoms with van der Waals surface area (Å²) in [6.07, 6.45) is 11.3. The van der Waals surface area contributed by atoms with E-state index in [1.165, 1.54) is 5.57 Å². The summed E-state index contributed by atoms with van der Waals surface area (Å²) in [5.74, 6) is 1.96. The highest BCUT2D eigenvalue weighted by Gasteiger charge is 2.59. The summed E-state index contributed by atoms with van der Waals surface area (Å²) in [4.78, 5) is 13.9. The van der Waals surface area contributed by atoms with Crippen LogP contribution in [0.3, 0.4) is 0 Å². The van der Waals surface area contributed by atoms with E-state index in [1.807, 2.05) is 22.9 Å². The first-order chi connectivity index (χ1) is 16.7. The molecule has 0 spiro atoms. The SMILES string of the molecule is Cc1nn(-c2ccccc2)c(C)c1/C=C1/C[C@@H]2[C@H]3CC=C4C[C@@H](O)CC[C@]4(C)[C@@H]3CC[C@]2(C)C1=O. The predicted octanol–water partition coefficient (Wildman–Crippen LogP) is 6.38. The van der Waals surface area contributed by atoms with Crippen LogP contribution in [0.2, 0.25) is 0 Å². The minimum absolute atomic E-state index is 0.175. The number of Topliss-reactive ketones (excluding diaryl/α,β-unsaturated/α-hetero) is 1. The van der Waals surface area contributed by atoms with Gasteiger partial charge in [-0.1, -0.05) is 43.7 Å². The molecule has 2 aromatic rings. The molecular formula is C31H38N2O2. The highest BCUT2D eigenvalue weighted by atomic mass is 16.3. The summed E-state index contributed by atoms with van der Waals surface area (Å²) >= 11 is 0. The van der Waals surface area contributed by atoms with Crippen LogP contribution in [-0.2, 0) is 4.79 Å². The Bertz CT molecular complexity index is 1240. The van der Waals surface area contributed by atoms with E-state index < -0.39 is 0 Å². The summed E-state index contributed by atoms with van der Waals surface area (Å²) in [6, 6.07) is 10.2. The first-order valence-electron chi connectivity index (χ1n) is 13.5. The van der Waals surface area contributed by atoms with Gasteiger partial charge in [0.2, 0.25) is 0 Å². The van der Waals surface area contributed by atoms with Crippen molar-refractivity contribution in [3.05, 3.63) is 64.5 Å². The van der Waals surface area contributed by atoms with Gasteiger partial charge in [0.05, 0.1) is 17.5 Å². The molecule has 1 aromatic carbocycles. The lowest BCUT2D eigenvalue weighted by molar-refractivity contribution is -0.130. The number of nitrogens with zero attached hydrogens (tertiary/aromatic N) is 2. The molecule has 184 valence electrons. The summed E-state index contributed by atoms with van der Waals surface area (Å²) in [5, 5.41) is 15.1. The molecule has 4 aliphatic rings. The van der Waals surface area contributed by atoms with Crippen LogP contribution in [0.5, 0.6) is 0 Å². The number of fused-ring (bicyclic) bond motifs is 5. The van der Waals surface area contributed by atoms with Gasteiger partial charge in [0.15, 0.2) is 5.78 Å². The molecule has 0 radical (unpaired) electrons. The van der Waals surface area contributed by atoms with Gasteiger partial charge in [0, 0.05) is 16.7 Å². The van der Waals surface area contributed by atoms with E-state index >= 15 is 0 Å². The normalized spacial score (nSPS) is 37.6. The van der Waals surface area contributed by atoms with E-state index in [0.29, 0.717) is 23.5 Å². The quantitative estimate of drug-likeness (QED) is 0.409.